The molecule has 2 aromatic rings. The van der Waals surface area contributed by atoms with Crippen molar-refractivity contribution in [2.75, 3.05) is 12.4 Å². The Balaban J connectivity index is 2.04. The quantitative estimate of drug-likeness (QED) is 0.773. The van der Waals surface area contributed by atoms with Crippen molar-refractivity contribution < 1.29 is 14.3 Å². The molecule has 8 nitrogen and oxygen atoms in total. The van der Waals surface area contributed by atoms with Crippen molar-refractivity contribution in [1.82, 2.24) is 9.55 Å². The van der Waals surface area contributed by atoms with E-state index in [2.05, 4.69) is 15.0 Å². The van der Waals surface area contributed by atoms with E-state index in [0.717, 1.165) is 0 Å². The minimum atomic E-state index is -0.583. The fourth-order valence-electron chi connectivity index (χ4n) is 1.94. The van der Waals surface area contributed by atoms with Crippen LogP contribution >= 0.6 is 0 Å². The van der Waals surface area contributed by atoms with Gasteiger partial charge in [0.1, 0.15) is 0 Å². The van der Waals surface area contributed by atoms with Gasteiger partial charge in [-0.1, -0.05) is 12.1 Å². The number of hydrogen-bond acceptors (Lipinski definition) is 5. The van der Waals surface area contributed by atoms with Crippen molar-refractivity contribution in [2.45, 2.75) is 13.0 Å². The van der Waals surface area contributed by atoms with E-state index >= 15 is 0 Å². The lowest BCUT2D eigenvalue weighted by molar-refractivity contribution is -0.116. The highest BCUT2D eigenvalue weighted by Gasteiger charge is 2.13. The maximum Gasteiger partial charge on any atom is 0.339 e. The van der Waals surface area contributed by atoms with Crippen LogP contribution < -0.4 is 16.6 Å². The first-order valence-corrected chi connectivity index (χ1v) is 6.78. The number of H-pyrrole nitrogens is 1. The van der Waals surface area contributed by atoms with Gasteiger partial charge in [-0.15, -0.1) is 0 Å². The first-order valence-electron chi connectivity index (χ1n) is 6.78. The highest BCUT2D eigenvalue weighted by Crippen LogP contribution is 2.16. The number of anilines is 1. The van der Waals surface area contributed by atoms with Crippen molar-refractivity contribution in [1.29, 1.82) is 0 Å². The van der Waals surface area contributed by atoms with Gasteiger partial charge in [0.2, 0.25) is 5.91 Å². The zero-order valence-corrected chi connectivity index (χ0v) is 12.4. The third-order valence-corrected chi connectivity index (χ3v) is 3.08. The second kappa shape index (κ2) is 7.21. The molecule has 0 aliphatic heterocycles. The molecule has 2 rings (SSSR count). The van der Waals surface area contributed by atoms with Gasteiger partial charge in [-0.05, 0) is 12.1 Å². The van der Waals surface area contributed by atoms with Crippen molar-refractivity contribution in [3.05, 3.63) is 62.9 Å². The maximum atomic E-state index is 12.0. The number of methoxy groups -OCH3 is 1. The second-order valence-electron chi connectivity index (χ2n) is 4.64. The Morgan fingerprint density at radius 1 is 1.22 bits per heavy atom. The minimum Gasteiger partial charge on any atom is -0.465 e. The lowest BCUT2D eigenvalue weighted by atomic mass is 10.1. The van der Waals surface area contributed by atoms with E-state index in [-0.39, 0.29) is 24.4 Å². The number of esters is 1. The molecule has 0 spiro atoms. The summed E-state index contributed by atoms with van der Waals surface area (Å²) in [6.45, 7) is 0.0990. The zero-order valence-electron chi connectivity index (χ0n) is 12.4. The zero-order chi connectivity index (χ0) is 16.8. The third-order valence-electron chi connectivity index (χ3n) is 3.08. The van der Waals surface area contributed by atoms with Gasteiger partial charge in [-0.3, -0.25) is 14.6 Å². The molecule has 0 atom stereocenters. The number of aryl methyl sites for hydroxylation is 1. The number of nitrogens with one attached hydrogen (secondary N) is 2. The number of para-hydroxylation sites is 1. The summed E-state index contributed by atoms with van der Waals surface area (Å²) in [4.78, 5) is 48.2. The lowest BCUT2D eigenvalue weighted by Gasteiger charge is -2.10. The molecule has 8 heteroatoms. The first kappa shape index (κ1) is 16.2. The predicted molar refractivity (Wildman–Crippen MR) is 82.4 cm³/mol. The lowest BCUT2D eigenvalue weighted by Crippen LogP contribution is -2.29. The molecule has 120 valence electrons. The largest absolute Gasteiger partial charge is 0.465 e. The first-order chi connectivity index (χ1) is 11.0. The van der Waals surface area contributed by atoms with Crippen molar-refractivity contribution >= 4 is 17.6 Å². The predicted octanol–water partition coefficient (Wildman–Crippen LogP) is 0.352. The van der Waals surface area contributed by atoms with Crippen LogP contribution in [-0.2, 0) is 16.1 Å². The summed E-state index contributed by atoms with van der Waals surface area (Å²) in [7, 11) is 1.25. The number of carbonyl (C=O) groups excluding carboxylic acids is 2. The van der Waals surface area contributed by atoms with E-state index in [0.29, 0.717) is 5.69 Å². The van der Waals surface area contributed by atoms with Crippen molar-refractivity contribution in [3.8, 4) is 0 Å². The molecule has 1 aromatic heterocycles. The van der Waals surface area contributed by atoms with E-state index < -0.39 is 17.2 Å². The fraction of sp³-hybridized carbons (Fsp3) is 0.200. The molecule has 0 bridgehead atoms. The number of ether oxygens (including phenoxy) is 1. The number of aromatic amines is 1. The summed E-state index contributed by atoms with van der Waals surface area (Å²) < 4.78 is 5.86. The topological polar surface area (TPSA) is 110 Å². The molecule has 1 heterocycles. The van der Waals surface area contributed by atoms with Crippen LogP contribution in [0.3, 0.4) is 0 Å². The number of hydrogen-bond donors (Lipinski definition) is 2. The Bertz CT molecular complexity index is 837. The number of aromatic nitrogens is 2. The Morgan fingerprint density at radius 3 is 2.65 bits per heavy atom. The average molecular weight is 317 g/mol. The van der Waals surface area contributed by atoms with Gasteiger partial charge >= 0.3 is 11.7 Å². The molecule has 0 saturated carbocycles. The van der Waals surface area contributed by atoms with Crippen LogP contribution in [0.5, 0.6) is 0 Å². The van der Waals surface area contributed by atoms with Crippen LogP contribution in [0.2, 0.25) is 0 Å². The molecular weight excluding hydrogens is 302 g/mol. The van der Waals surface area contributed by atoms with Crippen LogP contribution in [0.25, 0.3) is 0 Å². The standard InChI is InChI=1S/C15H15N3O5/c1-23-14(21)10-4-2-3-5-11(10)16-12(19)6-8-18-9-7-13(20)17-15(18)22/h2-5,7,9H,6,8H2,1H3,(H,16,19)(H,17,20,22). The Hall–Kier alpha value is -3.16. The van der Waals surface area contributed by atoms with Crippen LogP contribution in [-0.4, -0.2) is 28.5 Å². The van der Waals surface area contributed by atoms with Gasteiger partial charge in [-0.25, -0.2) is 9.59 Å². The molecular formula is C15H15N3O5. The number of amides is 1. The van der Waals surface area contributed by atoms with E-state index in [1.165, 1.54) is 30.0 Å². The Labute approximate surface area is 130 Å². The van der Waals surface area contributed by atoms with Crippen LogP contribution in [0.15, 0.2) is 46.1 Å². The summed E-state index contributed by atoms with van der Waals surface area (Å²) in [6, 6.07) is 7.65. The van der Waals surface area contributed by atoms with Crippen LogP contribution in [0.4, 0.5) is 5.69 Å². The number of rotatable bonds is 5. The van der Waals surface area contributed by atoms with Gasteiger partial charge in [0.15, 0.2) is 0 Å². The van der Waals surface area contributed by atoms with E-state index in [1.807, 2.05) is 0 Å². The molecule has 0 fully saturated rings. The van der Waals surface area contributed by atoms with E-state index in [9.17, 15) is 19.2 Å². The van der Waals surface area contributed by atoms with Gasteiger partial charge in [-0.2, -0.15) is 0 Å². The maximum absolute atomic E-state index is 12.0. The summed E-state index contributed by atoms with van der Waals surface area (Å²) in [5.41, 5.74) is -0.509. The normalized spacial score (nSPS) is 10.1. The minimum absolute atomic E-state index is 0.00145. The van der Waals surface area contributed by atoms with Gasteiger partial charge < -0.3 is 14.6 Å². The molecule has 2 N–H and O–H groups in total. The smallest absolute Gasteiger partial charge is 0.339 e. The molecule has 0 radical (unpaired) electrons. The van der Waals surface area contributed by atoms with Gasteiger partial charge in [0.25, 0.3) is 5.56 Å². The van der Waals surface area contributed by atoms with E-state index in [4.69, 9.17) is 0 Å². The van der Waals surface area contributed by atoms with Gasteiger partial charge in [0.05, 0.1) is 18.4 Å². The molecule has 0 aliphatic carbocycles. The second-order valence-corrected chi connectivity index (χ2v) is 4.64. The van der Waals surface area contributed by atoms with E-state index in [1.54, 1.807) is 18.2 Å². The summed E-state index contributed by atoms with van der Waals surface area (Å²) in [5.74, 6) is -0.933. The summed E-state index contributed by atoms with van der Waals surface area (Å²) >= 11 is 0. The fourth-order valence-corrected chi connectivity index (χ4v) is 1.94. The SMILES string of the molecule is COC(=O)c1ccccc1NC(=O)CCn1ccc(=O)[nH]c1=O. The Kier molecular flexibility index (Phi) is 5.08. The average Bonchev–Trinajstić information content (AvgIpc) is 2.54. The number of nitrogens with zero attached hydrogens (tertiary/aromatic N) is 1. The summed E-state index contributed by atoms with van der Waals surface area (Å²) in [6.07, 6.45) is 1.32. The van der Waals surface area contributed by atoms with Crippen LogP contribution in [0, 0.1) is 0 Å². The Morgan fingerprint density at radius 2 is 1.96 bits per heavy atom. The summed E-state index contributed by atoms with van der Waals surface area (Å²) in [5, 5.41) is 2.60. The van der Waals surface area contributed by atoms with Gasteiger partial charge in [0, 0.05) is 25.2 Å². The monoisotopic (exact) mass is 317 g/mol. The molecule has 0 unspecified atom stereocenters. The molecule has 1 amide bonds. The molecule has 0 aliphatic rings. The van der Waals surface area contributed by atoms with Crippen molar-refractivity contribution in [2.24, 2.45) is 0 Å². The number of carbonyl (C=O) groups is 2. The number of benzene rings is 1. The molecule has 1 aromatic carbocycles. The highest BCUT2D eigenvalue weighted by atomic mass is 16.5. The van der Waals surface area contributed by atoms with Crippen LogP contribution in [0.1, 0.15) is 16.8 Å². The molecule has 23 heavy (non-hydrogen) atoms. The molecule has 0 saturated heterocycles. The third kappa shape index (κ3) is 4.16. The highest BCUT2D eigenvalue weighted by molar-refractivity contribution is 6.01. The van der Waals surface area contributed by atoms with Crippen molar-refractivity contribution in [3.63, 3.8) is 0 Å².